The third-order valence-electron chi connectivity index (χ3n) is 5.58. The summed E-state index contributed by atoms with van der Waals surface area (Å²) in [6.45, 7) is 0.430. The summed E-state index contributed by atoms with van der Waals surface area (Å²) in [6, 6.07) is 15.2. The van der Waals surface area contributed by atoms with Gasteiger partial charge in [-0.25, -0.2) is 0 Å². The molecule has 0 fully saturated rings. The van der Waals surface area contributed by atoms with E-state index < -0.39 is 17.9 Å². The van der Waals surface area contributed by atoms with E-state index in [0.29, 0.717) is 26.4 Å². The first-order valence-electron chi connectivity index (χ1n) is 11.0. The number of thiophene rings is 1. The van der Waals surface area contributed by atoms with Gasteiger partial charge in [-0.3, -0.25) is 14.4 Å². The molecule has 4 rings (SSSR count). The number of aryl methyl sites for hydroxylation is 1. The average Bonchev–Trinajstić information content (AvgIpc) is 3.31. The number of rotatable bonds is 9. The Kier molecular flexibility index (Phi) is 7.85. The Balaban J connectivity index is 1.43. The van der Waals surface area contributed by atoms with Crippen LogP contribution in [0.1, 0.15) is 42.8 Å². The molecular formula is C26H24ClN3O5S. The monoisotopic (exact) mass is 525 g/mol. The van der Waals surface area contributed by atoms with E-state index in [1.165, 1.54) is 23.6 Å². The number of aliphatic hydroxyl groups excluding tert-OH is 1. The number of aliphatic hydroxyl groups is 1. The van der Waals surface area contributed by atoms with Crippen LogP contribution in [-0.4, -0.2) is 28.1 Å². The van der Waals surface area contributed by atoms with E-state index in [4.69, 9.17) is 22.1 Å². The van der Waals surface area contributed by atoms with Crippen molar-refractivity contribution >= 4 is 45.0 Å². The highest BCUT2D eigenvalue weighted by atomic mass is 35.5. The van der Waals surface area contributed by atoms with Crippen LogP contribution in [0.4, 0.5) is 0 Å². The lowest BCUT2D eigenvalue weighted by Crippen LogP contribution is -2.29. The number of nitrogens with two attached hydrogens (primary N) is 1. The van der Waals surface area contributed by atoms with Gasteiger partial charge in [0.25, 0.3) is 5.91 Å². The number of amides is 2. The molecule has 186 valence electrons. The molecular weight excluding hydrogens is 502 g/mol. The number of benzene rings is 2. The molecule has 2 heterocycles. The summed E-state index contributed by atoms with van der Waals surface area (Å²) in [6.07, 6.45) is 0.583. The first-order valence-corrected chi connectivity index (χ1v) is 12.2. The molecule has 0 radical (unpaired) electrons. The van der Waals surface area contributed by atoms with Crippen molar-refractivity contribution in [1.29, 1.82) is 0 Å². The van der Waals surface area contributed by atoms with Crippen molar-refractivity contribution in [3.63, 3.8) is 0 Å². The van der Waals surface area contributed by atoms with Gasteiger partial charge in [0.2, 0.25) is 11.3 Å². The highest BCUT2D eigenvalue weighted by Crippen LogP contribution is 2.25. The van der Waals surface area contributed by atoms with Crippen molar-refractivity contribution in [2.24, 2.45) is 12.8 Å². The number of carbonyl (C=O) groups excluding carboxylic acids is 2. The van der Waals surface area contributed by atoms with Crippen LogP contribution >= 0.6 is 22.9 Å². The molecule has 4 N–H and O–H groups in total. The fraction of sp³-hybridized carbons (Fsp3) is 0.192. The highest BCUT2D eigenvalue weighted by molar-refractivity contribution is 7.18. The Morgan fingerprint density at radius 3 is 2.67 bits per heavy atom. The Labute approximate surface area is 215 Å². The molecule has 4 aromatic rings. The Morgan fingerprint density at radius 2 is 1.94 bits per heavy atom. The van der Waals surface area contributed by atoms with Gasteiger partial charge in [-0.15, -0.1) is 11.3 Å². The number of aromatic nitrogens is 1. The number of primary amides is 1. The van der Waals surface area contributed by atoms with E-state index in [-0.39, 0.29) is 30.8 Å². The molecule has 0 unspecified atom stereocenters. The maximum Gasteiger partial charge on any atom is 0.257 e. The van der Waals surface area contributed by atoms with Crippen LogP contribution in [-0.2, 0) is 24.9 Å². The zero-order valence-corrected chi connectivity index (χ0v) is 20.9. The summed E-state index contributed by atoms with van der Waals surface area (Å²) in [5.41, 5.74) is 6.67. The molecule has 0 spiro atoms. The molecule has 0 saturated carbocycles. The van der Waals surface area contributed by atoms with Crippen molar-refractivity contribution < 1.29 is 19.4 Å². The summed E-state index contributed by atoms with van der Waals surface area (Å²) in [5, 5.41) is 14.2. The minimum absolute atomic E-state index is 0.00876. The minimum atomic E-state index is -0.944. The van der Waals surface area contributed by atoms with Gasteiger partial charge < -0.3 is 25.5 Å². The van der Waals surface area contributed by atoms with E-state index in [1.807, 2.05) is 0 Å². The van der Waals surface area contributed by atoms with Crippen LogP contribution in [0.3, 0.4) is 0 Å². The molecule has 10 heteroatoms. The van der Waals surface area contributed by atoms with Crippen LogP contribution in [0.5, 0.6) is 0 Å². The van der Waals surface area contributed by atoms with Crippen molar-refractivity contribution in [3.05, 3.63) is 103 Å². The lowest BCUT2D eigenvalue weighted by Gasteiger charge is -2.12. The van der Waals surface area contributed by atoms with Gasteiger partial charge in [0.05, 0.1) is 18.6 Å². The van der Waals surface area contributed by atoms with Gasteiger partial charge in [0, 0.05) is 35.3 Å². The van der Waals surface area contributed by atoms with Gasteiger partial charge in [0.1, 0.15) is 16.5 Å². The lowest BCUT2D eigenvalue weighted by atomic mass is 10.1. The van der Waals surface area contributed by atoms with Gasteiger partial charge in [0.15, 0.2) is 0 Å². The van der Waals surface area contributed by atoms with Crippen molar-refractivity contribution in [3.8, 4) is 0 Å². The molecule has 1 atom stereocenters. The summed E-state index contributed by atoms with van der Waals surface area (Å²) in [7, 11) is 1.77. The van der Waals surface area contributed by atoms with E-state index in [2.05, 4.69) is 5.32 Å². The number of hydrogen-bond acceptors (Lipinski definition) is 6. The highest BCUT2D eigenvalue weighted by Gasteiger charge is 2.17. The van der Waals surface area contributed by atoms with Crippen molar-refractivity contribution in [2.75, 3.05) is 6.61 Å². The maximum absolute atomic E-state index is 13.0. The predicted molar refractivity (Wildman–Crippen MR) is 139 cm³/mol. The first-order chi connectivity index (χ1) is 17.2. The predicted octanol–water partition coefficient (Wildman–Crippen LogP) is 3.53. The summed E-state index contributed by atoms with van der Waals surface area (Å²) in [4.78, 5) is 38.6. The topological polar surface area (TPSA) is 124 Å². The quantitative estimate of drug-likeness (QED) is 0.308. The van der Waals surface area contributed by atoms with Crippen LogP contribution in [0.2, 0.25) is 5.02 Å². The Morgan fingerprint density at radius 1 is 1.19 bits per heavy atom. The number of nitrogens with zero attached hydrogens (tertiary/aromatic N) is 1. The van der Waals surface area contributed by atoms with Gasteiger partial charge >= 0.3 is 0 Å². The van der Waals surface area contributed by atoms with Crippen molar-refractivity contribution in [1.82, 2.24) is 9.88 Å². The summed E-state index contributed by atoms with van der Waals surface area (Å²) < 4.78 is 7.41. The second-order valence-corrected chi connectivity index (χ2v) is 9.80. The number of fused-ring (bicyclic) bond motifs is 1. The molecule has 2 aromatic carbocycles. The number of hydrogen-bond donors (Lipinski definition) is 3. The molecule has 0 bridgehead atoms. The molecule has 0 saturated heterocycles. The van der Waals surface area contributed by atoms with Gasteiger partial charge in [-0.2, -0.15) is 0 Å². The van der Waals surface area contributed by atoms with Crippen LogP contribution < -0.4 is 16.5 Å². The molecule has 2 aromatic heterocycles. The van der Waals surface area contributed by atoms with E-state index in [9.17, 15) is 19.5 Å². The zero-order valence-electron chi connectivity index (χ0n) is 19.4. The maximum atomic E-state index is 13.0. The smallest absolute Gasteiger partial charge is 0.257 e. The SMILES string of the molecule is Cn1cc(C(=O)NCc2ccc(Cl)cc2)c(=O)c2cc(COC[C@H](O)c3cccc(C(N)=O)c3)sc21. The first kappa shape index (κ1) is 25.6. The molecule has 0 aliphatic heterocycles. The zero-order chi connectivity index (χ0) is 25.8. The number of carbonyl (C=O) groups is 2. The number of nitrogens with one attached hydrogen (secondary N) is 1. The number of pyridine rings is 1. The second-order valence-electron chi connectivity index (χ2n) is 8.24. The van der Waals surface area contributed by atoms with E-state index in [0.717, 1.165) is 10.4 Å². The molecule has 0 aliphatic rings. The fourth-order valence-corrected chi connectivity index (χ4v) is 4.84. The summed E-state index contributed by atoms with van der Waals surface area (Å²) in [5.74, 6) is -1.03. The fourth-order valence-electron chi connectivity index (χ4n) is 3.69. The average molecular weight is 526 g/mol. The third-order valence-corrected chi connectivity index (χ3v) is 7.03. The van der Waals surface area contributed by atoms with Crippen LogP contribution in [0.25, 0.3) is 10.2 Å². The molecule has 2 amide bonds. The summed E-state index contributed by atoms with van der Waals surface area (Å²) >= 11 is 7.26. The van der Waals surface area contributed by atoms with Gasteiger partial charge in [-0.1, -0.05) is 35.9 Å². The van der Waals surface area contributed by atoms with Crippen LogP contribution in [0, 0.1) is 0 Å². The molecule has 8 nitrogen and oxygen atoms in total. The van der Waals surface area contributed by atoms with Crippen LogP contribution in [0.15, 0.2) is 65.6 Å². The standard InChI is InChI=1S/C26H24ClN3O5S/c1-30-12-21(25(34)29-11-15-5-7-18(27)8-6-15)23(32)20-10-19(36-26(20)30)13-35-14-22(31)16-3-2-4-17(9-16)24(28)33/h2-10,12,22,31H,11,13-14H2,1H3,(H2,28,33)(H,29,34)/t22-/m0/s1. The van der Waals surface area contributed by atoms with Crippen molar-refractivity contribution in [2.45, 2.75) is 19.3 Å². The normalized spacial score (nSPS) is 12.0. The molecule has 0 aliphatic carbocycles. The lowest BCUT2D eigenvalue weighted by molar-refractivity contribution is 0.0287. The Bertz CT molecular complexity index is 1480. The van der Waals surface area contributed by atoms with E-state index in [1.54, 1.807) is 60.1 Å². The third kappa shape index (κ3) is 5.83. The largest absolute Gasteiger partial charge is 0.386 e. The van der Waals surface area contributed by atoms with Gasteiger partial charge in [-0.05, 0) is 41.5 Å². The number of ether oxygens (including phenoxy) is 1. The number of halogens is 1. The van der Waals surface area contributed by atoms with E-state index >= 15 is 0 Å². The second kappa shape index (κ2) is 11.0. The molecule has 36 heavy (non-hydrogen) atoms. The Hall–Kier alpha value is -3.50. The minimum Gasteiger partial charge on any atom is -0.386 e.